The van der Waals surface area contributed by atoms with Gasteiger partial charge in [-0.3, -0.25) is 14.9 Å². The predicted molar refractivity (Wildman–Crippen MR) is 94.1 cm³/mol. The Kier molecular flexibility index (Phi) is 6.04. The maximum atomic E-state index is 9.65. The lowest BCUT2D eigenvalue weighted by Gasteiger charge is -2.33. The second kappa shape index (κ2) is 7.83. The molecular weight excluding hydrogens is 302 g/mol. The fourth-order valence-electron chi connectivity index (χ4n) is 2.66. The molecule has 2 N–H and O–H groups in total. The summed E-state index contributed by atoms with van der Waals surface area (Å²) in [6, 6.07) is 11.9. The molecule has 0 saturated heterocycles. The molecule has 0 aliphatic rings. The van der Waals surface area contributed by atoms with E-state index in [0.29, 0.717) is 19.6 Å². The Bertz CT molecular complexity index is 624. The van der Waals surface area contributed by atoms with Crippen molar-refractivity contribution in [1.29, 1.82) is 0 Å². The van der Waals surface area contributed by atoms with Crippen molar-refractivity contribution in [3.63, 3.8) is 0 Å². The highest BCUT2D eigenvalue weighted by Gasteiger charge is 2.29. The van der Waals surface area contributed by atoms with Gasteiger partial charge in [0.05, 0.1) is 11.4 Å². The highest BCUT2D eigenvalue weighted by molar-refractivity contribution is 5.12. The maximum absolute atomic E-state index is 9.65. The minimum atomic E-state index is -1.38. The van der Waals surface area contributed by atoms with Gasteiger partial charge in [-0.05, 0) is 38.1 Å². The zero-order valence-corrected chi connectivity index (χ0v) is 14.9. The van der Waals surface area contributed by atoms with Gasteiger partial charge >= 0.3 is 0 Å². The van der Waals surface area contributed by atoms with E-state index in [1.807, 2.05) is 64.1 Å². The minimum Gasteiger partial charge on any atom is -0.368 e. The van der Waals surface area contributed by atoms with Gasteiger partial charge < -0.3 is 10.2 Å². The molecule has 2 rings (SSSR count). The largest absolute Gasteiger partial charge is 0.368 e. The summed E-state index contributed by atoms with van der Waals surface area (Å²) >= 11 is 0. The Labute approximate surface area is 144 Å². The van der Waals surface area contributed by atoms with E-state index in [9.17, 15) is 10.2 Å². The molecule has 0 atom stereocenters. The average molecular weight is 329 g/mol. The Morgan fingerprint density at radius 3 is 1.75 bits per heavy atom. The van der Waals surface area contributed by atoms with Crippen molar-refractivity contribution in [2.24, 2.45) is 5.41 Å². The van der Waals surface area contributed by atoms with Crippen LogP contribution >= 0.6 is 0 Å². The molecule has 2 aromatic rings. The average Bonchev–Trinajstić information content (AvgIpc) is 2.46. The molecule has 2 aromatic heterocycles. The molecule has 130 valence electrons. The predicted octanol–water partition coefficient (Wildman–Crippen LogP) is 2.43. The van der Waals surface area contributed by atoms with Crippen molar-refractivity contribution >= 4 is 0 Å². The Balaban J connectivity index is 2.20. The lowest BCUT2D eigenvalue weighted by molar-refractivity contribution is -0.131. The standard InChI is InChI=1S/C19H27N3O2/c1-14-7-5-9-16(20-14)11-22(13-19(3,4)18(23)24)12-17-10-6-8-15(2)21-17/h5-10,18,23-24H,11-13H2,1-4H3. The molecule has 24 heavy (non-hydrogen) atoms. The summed E-state index contributed by atoms with van der Waals surface area (Å²) in [5.74, 6) is 0. The second-order valence-electron chi connectivity index (χ2n) is 7.05. The molecule has 0 saturated carbocycles. The van der Waals surface area contributed by atoms with Crippen molar-refractivity contribution in [2.45, 2.75) is 47.1 Å². The van der Waals surface area contributed by atoms with E-state index < -0.39 is 11.7 Å². The number of rotatable bonds is 7. The SMILES string of the molecule is Cc1cccc(CN(Cc2cccc(C)n2)CC(C)(C)C(O)O)n1. The number of aryl methyl sites for hydroxylation is 2. The Hall–Kier alpha value is -1.82. The van der Waals surface area contributed by atoms with Crippen LogP contribution in [-0.2, 0) is 13.1 Å². The number of aliphatic hydroxyl groups is 2. The van der Waals surface area contributed by atoms with Crippen molar-refractivity contribution in [3.8, 4) is 0 Å². The van der Waals surface area contributed by atoms with Gasteiger partial charge in [-0.15, -0.1) is 0 Å². The molecule has 0 fully saturated rings. The van der Waals surface area contributed by atoms with Gasteiger partial charge in [0.25, 0.3) is 0 Å². The van der Waals surface area contributed by atoms with Crippen LogP contribution in [0.15, 0.2) is 36.4 Å². The molecule has 0 amide bonds. The number of hydrogen-bond donors (Lipinski definition) is 2. The first-order valence-electron chi connectivity index (χ1n) is 8.20. The molecule has 0 unspecified atom stereocenters. The first-order chi connectivity index (χ1) is 11.3. The molecule has 2 heterocycles. The monoisotopic (exact) mass is 329 g/mol. The molecule has 0 aromatic carbocycles. The highest BCUT2D eigenvalue weighted by atomic mass is 16.5. The topological polar surface area (TPSA) is 69.5 Å². The van der Waals surface area contributed by atoms with Gasteiger partial charge in [0.1, 0.15) is 0 Å². The van der Waals surface area contributed by atoms with E-state index in [2.05, 4.69) is 14.9 Å². The van der Waals surface area contributed by atoms with Crippen LogP contribution in [-0.4, -0.2) is 37.9 Å². The van der Waals surface area contributed by atoms with Crippen LogP contribution in [0.4, 0.5) is 0 Å². The summed E-state index contributed by atoms with van der Waals surface area (Å²) in [6.45, 7) is 9.42. The van der Waals surface area contributed by atoms with E-state index in [4.69, 9.17) is 0 Å². The third-order valence-corrected chi connectivity index (χ3v) is 3.99. The number of nitrogens with zero attached hydrogens (tertiary/aromatic N) is 3. The number of aliphatic hydroxyl groups excluding tert-OH is 1. The molecule has 0 aliphatic heterocycles. The number of pyridine rings is 2. The summed E-state index contributed by atoms with van der Waals surface area (Å²) in [5, 5.41) is 19.3. The van der Waals surface area contributed by atoms with Gasteiger partial charge in [-0.2, -0.15) is 0 Å². The lowest BCUT2D eigenvalue weighted by atomic mass is 9.91. The van der Waals surface area contributed by atoms with Gasteiger partial charge in [0, 0.05) is 36.4 Å². The van der Waals surface area contributed by atoms with E-state index >= 15 is 0 Å². The third kappa shape index (κ3) is 5.37. The summed E-state index contributed by atoms with van der Waals surface area (Å²) in [4.78, 5) is 11.3. The summed E-state index contributed by atoms with van der Waals surface area (Å²) in [5.41, 5.74) is 3.23. The van der Waals surface area contributed by atoms with Crippen LogP contribution in [0.3, 0.4) is 0 Å². The van der Waals surface area contributed by atoms with Crippen LogP contribution in [0.5, 0.6) is 0 Å². The second-order valence-corrected chi connectivity index (χ2v) is 7.05. The van der Waals surface area contributed by atoms with E-state index in [1.54, 1.807) is 0 Å². The first-order valence-corrected chi connectivity index (χ1v) is 8.20. The van der Waals surface area contributed by atoms with Crippen molar-refractivity contribution < 1.29 is 10.2 Å². The van der Waals surface area contributed by atoms with Gasteiger partial charge in [0.2, 0.25) is 0 Å². The van der Waals surface area contributed by atoms with Crippen LogP contribution < -0.4 is 0 Å². The van der Waals surface area contributed by atoms with Gasteiger partial charge in [0.15, 0.2) is 6.29 Å². The zero-order valence-electron chi connectivity index (χ0n) is 14.9. The van der Waals surface area contributed by atoms with E-state index in [0.717, 1.165) is 22.8 Å². The van der Waals surface area contributed by atoms with Crippen LogP contribution in [0, 0.1) is 19.3 Å². The van der Waals surface area contributed by atoms with Gasteiger partial charge in [-0.1, -0.05) is 26.0 Å². The highest BCUT2D eigenvalue weighted by Crippen LogP contribution is 2.23. The zero-order chi connectivity index (χ0) is 17.7. The molecule has 0 radical (unpaired) electrons. The van der Waals surface area contributed by atoms with E-state index in [1.165, 1.54) is 0 Å². The molecule has 0 aliphatic carbocycles. The quantitative estimate of drug-likeness (QED) is 0.764. The van der Waals surface area contributed by atoms with Gasteiger partial charge in [-0.25, -0.2) is 0 Å². The molecular formula is C19H27N3O2. The molecule has 0 spiro atoms. The summed E-state index contributed by atoms with van der Waals surface area (Å²) in [7, 11) is 0. The first kappa shape index (κ1) is 18.5. The third-order valence-electron chi connectivity index (χ3n) is 3.99. The normalized spacial score (nSPS) is 12.2. The van der Waals surface area contributed by atoms with Crippen LogP contribution in [0.2, 0.25) is 0 Å². The van der Waals surface area contributed by atoms with Crippen LogP contribution in [0.1, 0.15) is 36.6 Å². The van der Waals surface area contributed by atoms with Crippen molar-refractivity contribution in [1.82, 2.24) is 14.9 Å². The molecule has 0 bridgehead atoms. The fraction of sp³-hybridized carbons (Fsp3) is 0.474. The Morgan fingerprint density at radius 2 is 1.38 bits per heavy atom. The smallest absolute Gasteiger partial charge is 0.157 e. The summed E-state index contributed by atoms with van der Waals surface area (Å²) < 4.78 is 0. The van der Waals surface area contributed by atoms with Crippen molar-refractivity contribution in [3.05, 3.63) is 59.2 Å². The summed E-state index contributed by atoms with van der Waals surface area (Å²) in [6.07, 6.45) is -1.38. The number of aromatic nitrogens is 2. The van der Waals surface area contributed by atoms with Crippen molar-refractivity contribution in [2.75, 3.05) is 6.54 Å². The number of hydrogen-bond acceptors (Lipinski definition) is 5. The minimum absolute atomic E-state index is 0.524. The fourth-order valence-corrected chi connectivity index (χ4v) is 2.66. The lowest BCUT2D eigenvalue weighted by Crippen LogP contribution is -2.41. The molecule has 5 heteroatoms. The maximum Gasteiger partial charge on any atom is 0.157 e. The molecule has 5 nitrogen and oxygen atoms in total. The van der Waals surface area contributed by atoms with Crippen LogP contribution in [0.25, 0.3) is 0 Å². The van der Waals surface area contributed by atoms with E-state index in [-0.39, 0.29) is 0 Å². The Morgan fingerprint density at radius 1 is 0.917 bits per heavy atom.